The second kappa shape index (κ2) is 15.6. The van der Waals surface area contributed by atoms with Gasteiger partial charge in [0.2, 0.25) is 0 Å². The summed E-state index contributed by atoms with van der Waals surface area (Å²) >= 11 is 0. The lowest BCUT2D eigenvalue weighted by Gasteiger charge is -2.03. The summed E-state index contributed by atoms with van der Waals surface area (Å²) in [7, 11) is 0. The first-order chi connectivity index (χ1) is 17.5. The third-order valence-corrected chi connectivity index (χ3v) is 4.74. The Bertz CT molecular complexity index is 1090. The van der Waals surface area contributed by atoms with Gasteiger partial charge < -0.3 is 9.47 Å². The van der Waals surface area contributed by atoms with Crippen LogP contribution in [-0.4, -0.2) is 37.6 Å². The van der Waals surface area contributed by atoms with Crippen LogP contribution in [0.2, 0.25) is 0 Å². The number of carbonyl (C=O) groups excluding carboxylic acids is 2. The molecule has 36 heavy (non-hydrogen) atoms. The van der Waals surface area contributed by atoms with Crippen molar-refractivity contribution in [3.63, 3.8) is 0 Å². The number of benzene rings is 2. The van der Waals surface area contributed by atoms with Crippen LogP contribution < -0.4 is 0 Å². The predicted molar refractivity (Wildman–Crippen MR) is 147 cm³/mol. The van der Waals surface area contributed by atoms with E-state index < -0.39 is 0 Å². The third kappa shape index (κ3) is 9.14. The van der Waals surface area contributed by atoms with Crippen molar-refractivity contribution in [3.05, 3.63) is 107 Å². The summed E-state index contributed by atoms with van der Waals surface area (Å²) < 4.78 is 10.0. The van der Waals surface area contributed by atoms with Gasteiger partial charge in [-0.25, -0.2) is 9.59 Å². The molecule has 0 spiro atoms. The van der Waals surface area contributed by atoms with Crippen LogP contribution in [0.3, 0.4) is 0 Å². The first-order valence-electron chi connectivity index (χ1n) is 11.8. The molecule has 0 radical (unpaired) electrons. The van der Waals surface area contributed by atoms with Crippen molar-refractivity contribution in [2.75, 3.05) is 13.2 Å². The SMILES string of the molecule is C\C=C/C(=C/C=N/c1ccc(C(=O)OCC)cc1)C(/C=C\C)=C/C=N/c1ccc(C(=O)OCC)cc1. The van der Waals surface area contributed by atoms with Gasteiger partial charge in [0.15, 0.2) is 0 Å². The van der Waals surface area contributed by atoms with Gasteiger partial charge in [0.25, 0.3) is 0 Å². The first-order valence-corrected chi connectivity index (χ1v) is 11.8. The van der Waals surface area contributed by atoms with Crippen molar-refractivity contribution in [2.24, 2.45) is 9.98 Å². The summed E-state index contributed by atoms with van der Waals surface area (Å²) in [6, 6.07) is 13.9. The van der Waals surface area contributed by atoms with Crippen LogP contribution in [0.25, 0.3) is 0 Å². The third-order valence-electron chi connectivity index (χ3n) is 4.74. The molecule has 0 heterocycles. The second-order valence-electron chi connectivity index (χ2n) is 7.34. The number of hydrogen-bond donors (Lipinski definition) is 0. The molecule has 2 aromatic carbocycles. The van der Waals surface area contributed by atoms with Crippen LogP contribution in [0.5, 0.6) is 0 Å². The van der Waals surface area contributed by atoms with Gasteiger partial charge in [0.05, 0.1) is 35.7 Å². The minimum Gasteiger partial charge on any atom is -0.462 e. The number of ether oxygens (including phenoxy) is 2. The normalized spacial score (nSPS) is 12.8. The predicted octanol–water partition coefficient (Wildman–Crippen LogP) is 7.15. The van der Waals surface area contributed by atoms with Gasteiger partial charge in [-0.15, -0.1) is 0 Å². The van der Waals surface area contributed by atoms with E-state index in [0.29, 0.717) is 24.3 Å². The van der Waals surface area contributed by atoms with Gasteiger partial charge in [-0.1, -0.05) is 24.3 Å². The largest absolute Gasteiger partial charge is 0.462 e. The zero-order valence-corrected chi connectivity index (χ0v) is 21.2. The van der Waals surface area contributed by atoms with E-state index in [1.54, 1.807) is 74.8 Å². The number of allylic oxidation sites excluding steroid dienone is 8. The summed E-state index contributed by atoms with van der Waals surface area (Å²) in [6.07, 6.45) is 15.1. The maximum atomic E-state index is 11.8. The van der Waals surface area contributed by atoms with Gasteiger partial charge in [0.1, 0.15) is 0 Å². The highest BCUT2D eigenvalue weighted by Gasteiger charge is 2.06. The molecular formula is C30H32N2O4. The van der Waals surface area contributed by atoms with Crippen molar-refractivity contribution in [1.29, 1.82) is 0 Å². The van der Waals surface area contributed by atoms with Gasteiger partial charge in [-0.2, -0.15) is 0 Å². The Hall–Kier alpha value is -4.32. The molecule has 2 rings (SSSR count). The van der Waals surface area contributed by atoms with Gasteiger partial charge >= 0.3 is 11.9 Å². The second-order valence-corrected chi connectivity index (χ2v) is 7.34. The van der Waals surface area contributed by atoms with Crippen molar-refractivity contribution in [3.8, 4) is 0 Å². The highest BCUT2D eigenvalue weighted by Crippen LogP contribution is 2.17. The Morgan fingerprint density at radius 2 is 1.03 bits per heavy atom. The average Bonchev–Trinajstić information content (AvgIpc) is 2.89. The Morgan fingerprint density at radius 3 is 1.33 bits per heavy atom. The molecule has 0 saturated carbocycles. The smallest absolute Gasteiger partial charge is 0.338 e. The fourth-order valence-corrected chi connectivity index (χ4v) is 3.06. The maximum absolute atomic E-state index is 11.8. The van der Waals surface area contributed by atoms with Gasteiger partial charge in [-0.05, 0) is 99.5 Å². The van der Waals surface area contributed by atoms with Crippen LogP contribution >= 0.6 is 0 Å². The maximum Gasteiger partial charge on any atom is 0.338 e. The summed E-state index contributed by atoms with van der Waals surface area (Å²) in [5.74, 6) is -0.693. The minimum atomic E-state index is -0.346. The van der Waals surface area contributed by atoms with Crippen molar-refractivity contribution in [1.82, 2.24) is 0 Å². The molecule has 186 valence electrons. The fraction of sp³-hybridized carbons (Fsp3) is 0.200. The highest BCUT2D eigenvalue weighted by atomic mass is 16.5. The minimum absolute atomic E-state index is 0.339. The van der Waals surface area contributed by atoms with E-state index in [4.69, 9.17) is 9.47 Å². The number of nitrogens with zero attached hydrogens (tertiary/aromatic N) is 2. The van der Waals surface area contributed by atoms with Crippen LogP contribution in [-0.2, 0) is 9.47 Å². The van der Waals surface area contributed by atoms with E-state index in [2.05, 4.69) is 9.98 Å². The van der Waals surface area contributed by atoms with Crippen LogP contribution in [0.4, 0.5) is 11.4 Å². The molecule has 0 aliphatic carbocycles. The summed E-state index contributed by atoms with van der Waals surface area (Å²) in [5.41, 5.74) is 4.34. The zero-order valence-electron chi connectivity index (χ0n) is 21.2. The molecule has 6 nitrogen and oxygen atoms in total. The van der Waals surface area contributed by atoms with E-state index in [-0.39, 0.29) is 11.9 Å². The number of aliphatic imine (C=N–C) groups is 2. The Kier molecular flexibility index (Phi) is 12.1. The fourth-order valence-electron chi connectivity index (χ4n) is 3.06. The van der Waals surface area contributed by atoms with Crippen LogP contribution in [0, 0.1) is 0 Å². The van der Waals surface area contributed by atoms with Crippen LogP contribution in [0.1, 0.15) is 48.4 Å². The van der Waals surface area contributed by atoms with E-state index in [1.165, 1.54) is 0 Å². The van der Waals surface area contributed by atoms with Crippen LogP contribution in [0.15, 0.2) is 106 Å². The zero-order chi connectivity index (χ0) is 26.2. The van der Waals surface area contributed by atoms with Gasteiger partial charge in [-0.3, -0.25) is 9.98 Å². The summed E-state index contributed by atoms with van der Waals surface area (Å²) in [6.45, 7) is 8.13. The standard InChI is InChI=1S/C30H32N2O4/c1-5-9-23(19-21-31-27-15-11-25(12-16-27)29(33)35-7-3)24(10-6-2)20-22-32-28-17-13-26(14-18-28)30(34)36-8-4/h5-6,9-22H,7-8H2,1-4H3/b9-5-,10-6-,23-19-,24-20+,31-21+,32-22+. The molecule has 6 heteroatoms. The van der Waals surface area contributed by atoms with E-state index in [9.17, 15) is 9.59 Å². The molecule has 0 aliphatic heterocycles. The monoisotopic (exact) mass is 484 g/mol. The molecule has 0 fully saturated rings. The quantitative estimate of drug-likeness (QED) is 0.193. The highest BCUT2D eigenvalue weighted by molar-refractivity contribution is 5.90. The topological polar surface area (TPSA) is 77.3 Å². The van der Waals surface area contributed by atoms with Crippen molar-refractivity contribution < 1.29 is 19.1 Å². The number of carbonyl (C=O) groups is 2. The molecular weight excluding hydrogens is 452 g/mol. The van der Waals surface area contributed by atoms with E-state index in [1.807, 2.05) is 50.3 Å². The van der Waals surface area contributed by atoms with Crippen molar-refractivity contribution in [2.45, 2.75) is 27.7 Å². The Morgan fingerprint density at radius 1 is 0.667 bits per heavy atom. The van der Waals surface area contributed by atoms with Crippen molar-refractivity contribution >= 4 is 35.7 Å². The molecule has 0 N–H and O–H groups in total. The molecule has 0 aromatic heterocycles. The molecule has 0 aliphatic rings. The van der Waals surface area contributed by atoms with Gasteiger partial charge in [0, 0.05) is 12.4 Å². The lowest BCUT2D eigenvalue weighted by molar-refractivity contribution is 0.0517. The summed E-state index contributed by atoms with van der Waals surface area (Å²) in [4.78, 5) is 32.5. The molecule has 0 saturated heterocycles. The Balaban J connectivity index is 2.19. The lowest BCUT2D eigenvalue weighted by atomic mass is 10.0. The lowest BCUT2D eigenvalue weighted by Crippen LogP contribution is -2.03. The molecule has 2 aromatic rings. The average molecular weight is 485 g/mol. The number of hydrogen-bond acceptors (Lipinski definition) is 6. The summed E-state index contributed by atoms with van der Waals surface area (Å²) in [5, 5.41) is 0. The molecule has 0 unspecified atom stereocenters. The molecule has 0 atom stereocenters. The van der Waals surface area contributed by atoms with E-state index in [0.717, 1.165) is 22.5 Å². The Labute approximate surface area is 213 Å². The molecule has 0 amide bonds. The van der Waals surface area contributed by atoms with E-state index >= 15 is 0 Å². The first kappa shape index (κ1) is 27.9. The number of rotatable bonds is 11. The number of esters is 2. The molecule has 0 bridgehead atoms.